The predicted molar refractivity (Wildman–Crippen MR) is 114 cm³/mol. The van der Waals surface area contributed by atoms with Gasteiger partial charge in [0.2, 0.25) is 0 Å². The van der Waals surface area contributed by atoms with E-state index in [-0.39, 0.29) is 11.9 Å². The van der Waals surface area contributed by atoms with Gasteiger partial charge in [-0.25, -0.2) is 4.98 Å². The molecule has 5 rings (SSSR count). The van der Waals surface area contributed by atoms with Crippen molar-refractivity contribution in [3.05, 3.63) is 57.6 Å². The Morgan fingerprint density at radius 3 is 3.13 bits per heavy atom. The molecule has 0 spiro atoms. The van der Waals surface area contributed by atoms with E-state index in [9.17, 15) is 4.79 Å². The summed E-state index contributed by atoms with van der Waals surface area (Å²) in [7, 11) is 0. The summed E-state index contributed by atoms with van der Waals surface area (Å²) in [6, 6.07) is 7.76. The minimum atomic E-state index is -0.165. The fourth-order valence-electron chi connectivity index (χ4n) is 3.94. The van der Waals surface area contributed by atoms with Gasteiger partial charge in [0, 0.05) is 30.6 Å². The monoisotopic (exact) mass is 422 g/mol. The molecule has 1 N–H and O–H groups in total. The molecule has 4 aromatic rings. The maximum absolute atomic E-state index is 13.1. The van der Waals surface area contributed by atoms with E-state index in [1.807, 2.05) is 18.3 Å². The number of hydrogen-bond donors (Lipinski definition) is 1. The van der Waals surface area contributed by atoms with Gasteiger partial charge < -0.3 is 14.3 Å². The maximum atomic E-state index is 13.1. The lowest BCUT2D eigenvalue weighted by Crippen LogP contribution is -2.44. The quantitative estimate of drug-likeness (QED) is 0.523. The molecule has 154 valence electrons. The van der Waals surface area contributed by atoms with E-state index in [1.165, 1.54) is 10.4 Å². The number of pyridine rings is 1. The smallest absolute Gasteiger partial charge is 0.259 e. The van der Waals surface area contributed by atoms with Crippen LogP contribution < -0.4 is 5.32 Å². The van der Waals surface area contributed by atoms with Crippen molar-refractivity contribution < 1.29 is 13.7 Å². The van der Waals surface area contributed by atoms with Crippen molar-refractivity contribution in [3.8, 4) is 11.5 Å². The summed E-state index contributed by atoms with van der Waals surface area (Å²) in [5.41, 5.74) is 3.42. The average Bonchev–Trinajstić information content (AvgIpc) is 3.51. The van der Waals surface area contributed by atoms with E-state index < -0.39 is 0 Å². The molecule has 0 aliphatic carbocycles. The first kappa shape index (κ1) is 19.0. The molecule has 1 atom stereocenters. The van der Waals surface area contributed by atoms with E-state index in [4.69, 9.17) is 8.94 Å². The number of carbonyl (C=O) groups is 1. The molecule has 4 aromatic heterocycles. The normalized spacial score (nSPS) is 15.3. The summed E-state index contributed by atoms with van der Waals surface area (Å²) in [6.07, 6.45) is 2.65. The first-order chi connectivity index (χ1) is 14.6. The summed E-state index contributed by atoms with van der Waals surface area (Å²) in [6.45, 7) is 6.47. The molecule has 1 aliphatic rings. The maximum Gasteiger partial charge on any atom is 0.259 e. The summed E-state index contributed by atoms with van der Waals surface area (Å²) < 4.78 is 10.8. The summed E-state index contributed by atoms with van der Waals surface area (Å²) in [5.74, 6) is 0.412. The molecule has 5 heterocycles. The second-order valence-electron chi connectivity index (χ2n) is 7.63. The Balaban J connectivity index is 1.35. The van der Waals surface area contributed by atoms with Crippen LogP contribution in [0.4, 0.5) is 0 Å². The highest BCUT2D eigenvalue weighted by atomic mass is 32.1. The van der Waals surface area contributed by atoms with Gasteiger partial charge in [-0.2, -0.15) is 0 Å². The van der Waals surface area contributed by atoms with Crippen molar-refractivity contribution in [2.24, 2.45) is 0 Å². The van der Waals surface area contributed by atoms with Crippen molar-refractivity contribution >= 4 is 28.3 Å². The number of nitrogens with zero attached hydrogens (tertiary/aromatic N) is 3. The molecule has 1 unspecified atom stereocenters. The highest BCUT2D eigenvalue weighted by molar-refractivity contribution is 7.10. The number of aryl methyl sites for hydroxylation is 1. The lowest BCUT2D eigenvalue weighted by atomic mass is 10.1. The number of thiophene rings is 1. The summed E-state index contributed by atoms with van der Waals surface area (Å²) in [5, 5.41) is 9.88. The first-order valence-corrected chi connectivity index (χ1v) is 10.9. The van der Waals surface area contributed by atoms with Crippen molar-refractivity contribution in [3.63, 3.8) is 0 Å². The van der Waals surface area contributed by atoms with Crippen LogP contribution in [0.2, 0.25) is 0 Å². The zero-order valence-electron chi connectivity index (χ0n) is 16.8. The van der Waals surface area contributed by atoms with Crippen LogP contribution >= 0.6 is 11.3 Å². The SMILES string of the molecule is Cc1noc2nc(-c3ccco3)cc(C(=O)NCC(C)N3CCc4sccc4C3)c12. The van der Waals surface area contributed by atoms with Gasteiger partial charge in [0.05, 0.1) is 22.9 Å². The molecule has 1 amide bonds. The molecule has 0 saturated carbocycles. The van der Waals surface area contributed by atoms with Crippen LogP contribution in [0.5, 0.6) is 0 Å². The van der Waals surface area contributed by atoms with Crippen LogP contribution in [0, 0.1) is 6.92 Å². The lowest BCUT2D eigenvalue weighted by Gasteiger charge is -2.32. The molecule has 0 saturated heterocycles. The van der Waals surface area contributed by atoms with Crippen LogP contribution in [0.15, 0.2) is 44.8 Å². The van der Waals surface area contributed by atoms with Crippen LogP contribution in [0.25, 0.3) is 22.6 Å². The Morgan fingerprint density at radius 1 is 1.40 bits per heavy atom. The van der Waals surface area contributed by atoms with Crippen LogP contribution in [0.1, 0.15) is 33.4 Å². The van der Waals surface area contributed by atoms with Gasteiger partial charge in [-0.05, 0) is 55.5 Å². The van der Waals surface area contributed by atoms with Gasteiger partial charge in [0.15, 0.2) is 5.76 Å². The summed E-state index contributed by atoms with van der Waals surface area (Å²) in [4.78, 5) is 21.5. The molecule has 1 aliphatic heterocycles. The van der Waals surface area contributed by atoms with E-state index in [0.29, 0.717) is 40.4 Å². The molecular formula is C22H22N4O3S. The molecule has 30 heavy (non-hydrogen) atoms. The van der Waals surface area contributed by atoms with E-state index >= 15 is 0 Å². The van der Waals surface area contributed by atoms with E-state index in [1.54, 1.807) is 24.5 Å². The third-order valence-electron chi connectivity index (χ3n) is 5.65. The van der Waals surface area contributed by atoms with Crippen molar-refractivity contribution in [2.45, 2.75) is 32.9 Å². The van der Waals surface area contributed by atoms with Gasteiger partial charge in [0.1, 0.15) is 5.69 Å². The third-order valence-corrected chi connectivity index (χ3v) is 6.68. The van der Waals surface area contributed by atoms with Crippen LogP contribution in [-0.4, -0.2) is 40.1 Å². The molecule has 8 heteroatoms. The zero-order chi connectivity index (χ0) is 20.7. The van der Waals surface area contributed by atoms with Crippen molar-refractivity contribution in [1.82, 2.24) is 20.4 Å². The fourth-order valence-corrected chi connectivity index (χ4v) is 4.83. The fraction of sp³-hybridized carbons (Fsp3) is 0.318. The largest absolute Gasteiger partial charge is 0.463 e. The topological polar surface area (TPSA) is 84.4 Å². The predicted octanol–water partition coefficient (Wildman–Crippen LogP) is 4.03. The number of hydrogen-bond acceptors (Lipinski definition) is 7. The molecule has 0 bridgehead atoms. The van der Waals surface area contributed by atoms with Gasteiger partial charge in [-0.15, -0.1) is 11.3 Å². The van der Waals surface area contributed by atoms with E-state index in [2.05, 4.69) is 38.7 Å². The Morgan fingerprint density at radius 2 is 2.30 bits per heavy atom. The Labute approximate surface area is 177 Å². The van der Waals surface area contributed by atoms with Crippen molar-refractivity contribution in [2.75, 3.05) is 13.1 Å². The van der Waals surface area contributed by atoms with Crippen LogP contribution in [-0.2, 0) is 13.0 Å². The Kier molecular flexibility index (Phi) is 4.88. The minimum absolute atomic E-state index is 0.165. The van der Waals surface area contributed by atoms with Crippen LogP contribution in [0.3, 0.4) is 0 Å². The molecule has 0 radical (unpaired) electrons. The standard InChI is InChI=1S/C22H22N4O3S/c1-13(26-7-5-19-15(12-26)6-9-30-19)11-23-21(27)16-10-17(18-4-3-8-28-18)24-22-20(16)14(2)25-29-22/h3-4,6,8-10,13H,5,7,11-12H2,1-2H3,(H,23,27). The molecule has 0 fully saturated rings. The number of aromatic nitrogens is 2. The first-order valence-electron chi connectivity index (χ1n) is 9.98. The molecular weight excluding hydrogens is 400 g/mol. The number of amides is 1. The Bertz CT molecular complexity index is 1190. The number of carbonyl (C=O) groups excluding carboxylic acids is 1. The van der Waals surface area contributed by atoms with E-state index in [0.717, 1.165) is 19.5 Å². The number of rotatable bonds is 5. The van der Waals surface area contributed by atoms with Gasteiger partial charge >= 0.3 is 0 Å². The molecule has 0 aromatic carbocycles. The number of fused-ring (bicyclic) bond motifs is 2. The second-order valence-corrected chi connectivity index (χ2v) is 8.63. The van der Waals surface area contributed by atoms with Gasteiger partial charge in [-0.3, -0.25) is 9.69 Å². The van der Waals surface area contributed by atoms with Gasteiger partial charge in [-0.1, -0.05) is 5.16 Å². The average molecular weight is 423 g/mol. The molecule has 7 nitrogen and oxygen atoms in total. The Hall–Kier alpha value is -2.97. The highest BCUT2D eigenvalue weighted by Gasteiger charge is 2.24. The lowest BCUT2D eigenvalue weighted by molar-refractivity contribution is 0.0934. The zero-order valence-corrected chi connectivity index (χ0v) is 17.7. The van der Waals surface area contributed by atoms with Gasteiger partial charge in [0.25, 0.3) is 11.6 Å². The third kappa shape index (κ3) is 3.42. The van der Waals surface area contributed by atoms with Crippen molar-refractivity contribution in [1.29, 1.82) is 0 Å². The number of nitrogens with one attached hydrogen (secondary N) is 1. The summed E-state index contributed by atoms with van der Waals surface area (Å²) >= 11 is 1.83. The number of furan rings is 1. The minimum Gasteiger partial charge on any atom is -0.463 e. The highest BCUT2D eigenvalue weighted by Crippen LogP contribution is 2.28. The second kappa shape index (κ2) is 7.70.